The molecule has 68 valence electrons. The number of hydrogen-bond donors (Lipinski definition) is 3. The van der Waals surface area contributed by atoms with E-state index in [9.17, 15) is 0 Å². The highest BCUT2D eigenvalue weighted by Crippen LogP contribution is 1.99. The summed E-state index contributed by atoms with van der Waals surface area (Å²) in [6, 6.07) is 0. The van der Waals surface area contributed by atoms with Gasteiger partial charge in [-0.15, -0.1) is 0 Å². The highest BCUT2D eigenvalue weighted by molar-refractivity contribution is 6.01. The minimum atomic E-state index is -0.0817. The molecule has 0 aromatic rings. The van der Waals surface area contributed by atoms with Crippen molar-refractivity contribution in [2.24, 2.45) is 0 Å². The van der Waals surface area contributed by atoms with E-state index in [0.717, 1.165) is 0 Å². The predicted molar refractivity (Wildman–Crippen MR) is 47.9 cm³/mol. The fourth-order valence-electron chi connectivity index (χ4n) is 0.610. The Morgan fingerprint density at radius 1 is 1.42 bits per heavy atom. The summed E-state index contributed by atoms with van der Waals surface area (Å²) in [5.41, 5.74) is 0.588. The lowest BCUT2D eigenvalue weighted by atomic mass is 10.3. The number of allylic oxidation sites excluding steroid dienone is 2. The van der Waals surface area contributed by atoms with Crippen LogP contribution in [-0.4, -0.2) is 29.7 Å². The molecular weight excluding hydrogens is 156 g/mol. The maximum absolute atomic E-state index is 8.45. The molecule has 12 heavy (non-hydrogen) atoms. The average Bonchev–Trinajstić information content (AvgIpc) is 1.96. The highest BCUT2D eigenvalue weighted by Gasteiger charge is 2.00. The molecule has 0 saturated carbocycles. The Labute approximate surface area is 71.9 Å². The second-order valence-electron chi connectivity index (χ2n) is 2.39. The number of hydrogen-bond acceptors (Lipinski definition) is 4. The van der Waals surface area contributed by atoms with Gasteiger partial charge in [0.1, 0.15) is 12.4 Å². The van der Waals surface area contributed by atoms with Crippen LogP contribution in [0.15, 0.2) is 11.8 Å². The third-order valence-electron chi connectivity index (χ3n) is 1.07. The summed E-state index contributed by atoms with van der Waals surface area (Å²) in [6.07, 6.45) is 1.46. The summed E-state index contributed by atoms with van der Waals surface area (Å²) < 4.78 is 5.01. The molecule has 0 radical (unpaired) electrons. The van der Waals surface area contributed by atoms with Crippen LogP contribution in [0.3, 0.4) is 0 Å². The van der Waals surface area contributed by atoms with Crippen LogP contribution in [0.25, 0.3) is 0 Å². The van der Waals surface area contributed by atoms with Gasteiger partial charge in [-0.05, 0) is 13.8 Å². The van der Waals surface area contributed by atoms with Gasteiger partial charge in [-0.1, -0.05) is 0 Å². The van der Waals surface area contributed by atoms with Gasteiger partial charge in [-0.2, -0.15) is 0 Å². The van der Waals surface area contributed by atoms with Crippen molar-refractivity contribution in [1.29, 1.82) is 10.8 Å². The van der Waals surface area contributed by atoms with Crippen molar-refractivity contribution in [1.82, 2.24) is 0 Å². The molecule has 0 aromatic heterocycles. The molecule has 0 aliphatic rings. The summed E-state index contributed by atoms with van der Waals surface area (Å²) in [5, 5.41) is 22.8. The molecule has 3 N–H and O–H groups in total. The van der Waals surface area contributed by atoms with Crippen molar-refractivity contribution in [3.05, 3.63) is 11.8 Å². The first kappa shape index (κ1) is 10.8. The lowest BCUT2D eigenvalue weighted by Gasteiger charge is -2.06. The van der Waals surface area contributed by atoms with Crippen LogP contribution in [0.4, 0.5) is 0 Å². The van der Waals surface area contributed by atoms with Gasteiger partial charge in [0, 0.05) is 11.8 Å². The topological polar surface area (TPSA) is 77.2 Å². The fraction of sp³-hybridized carbons (Fsp3) is 0.500. The van der Waals surface area contributed by atoms with Crippen molar-refractivity contribution >= 4 is 11.4 Å². The van der Waals surface area contributed by atoms with E-state index in [1.54, 1.807) is 13.8 Å². The van der Waals surface area contributed by atoms with Crippen LogP contribution >= 0.6 is 0 Å². The Balaban J connectivity index is 4.23. The maximum atomic E-state index is 8.45. The third-order valence-corrected chi connectivity index (χ3v) is 1.07. The zero-order valence-corrected chi connectivity index (χ0v) is 7.35. The first-order chi connectivity index (χ1) is 5.57. The molecule has 0 saturated heterocycles. The van der Waals surface area contributed by atoms with Crippen LogP contribution in [-0.2, 0) is 4.74 Å². The van der Waals surface area contributed by atoms with E-state index < -0.39 is 0 Å². The van der Waals surface area contributed by atoms with E-state index in [-0.39, 0.29) is 18.9 Å². The molecule has 0 spiro atoms. The predicted octanol–water partition coefficient (Wildman–Crippen LogP) is 0.959. The molecule has 0 rings (SSSR count). The Morgan fingerprint density at radius 3 is 2.33 bits per heavy atom. The molecule has 0 fully saturated rings. The summed E-state index contributed by atoms with van der Waals surface area (Å²) in [6.45, 7) is 3.26. The number of rotatable bonds is 5. The molecule has 0 amide bonds. The zero-order valence-electron chi connectivity index (χ0n) is 7.35. The van der Waals surface area contributed by atoms with E-state index in [0.29, 0.717) is 11.5 Å². The third kappa shape index (κ3) is 4.62. The second kappa shape index (κ2) is 5.49. The van der Waals surface area contributed by atoms with Crippen molar-refractivity contribution in [3.8, 4) is 0 Å². The summed E-state index contributed by atoms with van der Waals surface area (Å²) >= 11 is 0. The molecule has 4 nitrogen and oxygen atoms in total. The zero-order chi connectivity index (χ0) is 9.56. The maximum Gasteiger partial charge on any atom is 0.141 e. The van der Waals surface area contributed by atoms with Gasteiger partial charge in [0.2, 0.25) is 0 Å². The smallest absolute Gasteiger partial charge is 0.141 e. The molecular formula is C8H14N2O2. The lowest BCUT2D eigenvalue weighted by Crippen LogP contribution is -2.06. The van der Waals surface area contributed by atoms with Crippen LogP contribution in [0.1, 0.15) is 13.8 Å². The standard InChI is InChI=1S/C8H14N2O2/c1-6(9)5-8(7(2)10)12-4-3-11/h5,9-11H,3-4H2,1-2H3/b8-5+,9-6?,10-7?. The monoisotopic (exact) mass is 170 g/mol. The summed E-state index contributed by atoms with van der Waals surface area (Å²) in [7, 11) is 0. The molecule has 0 unspecified atom stereocenters. The van der Waals surface area contributed by atoms with Gasteiger partial charge in [0.25, 0.3) is 0 Å². The number of nitrogens with one attached hydrogen (secondary N) is 2. The average molecular weight is 170 g/mol. The van der Waals surface area contributed by atoms with Gasteiger partial charge in [-0.25, -0.2) is 0 Å². The van der Waals surface area contributed by atoms with E-state index in [4.69, 9.17) is 20.7 Å². The van der Waals surface area contributed by atoms with Gasteiger partial charge < -0.3 is 20.7 Å². The fourth-order valence-corrected chi connectivity index (χ4v) is 0.610. The molecule has 0 atom stereocenters. The molecule has 0 aromatic carbocycles. The van der Waals surface area contributed by atoms with Crippen LogP contribution in [0, 0.1) is 10.8 Å². The quantitative estimate of drug-likeness (QED) is 0.424. The van der Waals surface area contributed by atoms with E-state index in [2.05, 4.69) is 0 Å². The number of ether oxygens (including phenoxy) is 1. The lowest BCUT2D eigenvalue weighted by molar-refractivity contribution is 0.156. The summed E-state index contributed by atoms with van der Waals surface area (Å²) in [5.74, 6) is 0.344. The minimum absolute atomic E-state index is 0.0817. The Hall–Kier alpha value is -1.16. The SMILES string of the molecule is CC(=N)/C=C(/OCCO)C(C)=N. The Kier molecular flexibility index (Phi) is 4.96. The van der Waals surface area contributed by atoms with E-state index in [1.165, 1.54) is 6.08 Å². The van der Waals surface area contributed by atoms with Crippen LogP contribution in [0.5, 0.6) is 0 Å². The first-order valence-corrected chi connectivity index (χ1v) is 3.64. The molecule has 0 aliphatic carbocycles. The van der Waals surface area contributed by atoms with Crippen LogP contribution < -0.4 is 0 Å². The first-order valence-electron chi connectivity index (χ1n) is 3.64. The van der Waals surface area contributed by atoms with E-state index in [1.807, 2.05) is 0 Å². The van der Waals surface area contributed by atoms with E-state index >= 15 is 0 Å². The minimum Gasteiger partial charge on any atom is -0.489 e. The van der Waals surface area contributed by atoms with Gasteiger partial charge >= 0.3 is 0 Å². The molecule has 0 aliphatic heterocycles. The van der Waals surface area contributed by atoms with Crippen molar-refractivity contribution in [2.75, 3.05) is 13.2 Å². The number of aliphatic hydroxyl groups is 1. The van der Waals surface area contributed by atoms with Crippen molar-refractivity contribution in [3.63, 3.8) is 0 Å². The van der Waals surface area contributed by atoms with Gasteiger partial charge in [-0.3, -0.25) is 0 Å². The molecule has 0 heterocycles. The second-order valence-corrected chi connectivity index (χ2v) is 2.39. The largest absolute Gasteiger partial charge is 0.489 e. The van der Waals surface area contributed by atoms with Crippen molar-refractivity contribution < 1.29 is 9.84 Å². The molecule has 4 heteroatoms. The van der Waals surface area contributed by atoms with Crippen molar-refractivity contribution in [2.45, 2.75) is 13.8 Å². The number of aliphatic hydroxyl groups excluding tert-OH is 1. The normalized spacial score (nSPS) is 11.1. The van der Waals surface area contributed by atoms with Gasteiger partial charge in [0.15, 0.2) is 0 Å². The Bertz CT molecular complexity index is 209. The summed E-state index contributed by atoms with van der Waals surface area (Å²) in [4.78, 5) is 0. The van der Waals surface area contributed by atoms with Crippen LogP contribution in [0.2, 0.25) is 0 Å². The molecule has 0 bridgehead atoms. The highest BCUT2D eigenvalue weighted by atomic mass is 16.5. The van der Waals surface area contributed by atoms with Gasteiger partial charge in [0.05, 0.1) is 12.3 Å². The Morgan fingerprint density at radius 2 is 2.00 bits per heavy atom.